The van der Waals surface area contributed by atoms with Crippen molar-refractivity contribution in [3.8, 4) is 11.5 Å². The van der Waals surface area contributed by atoms with E-state index in [1.165, 1.54) is 0 Å². The molecule has 0 aliphatic rings. The van der Waals surface area contributed by atoms with Crippen LogP contribution in [0.5, 0.6) is 11.5 Å². The van der Waals surface area contributed by atoms with Crippen molar-refractivity contribution in [3.63, 3.8) is 0 Å². The van der Waals surface area contributed by atoms with Gasteiger partial charge in [0.1, 0.15) is 11.5 Å². The van der Waals surface area contributed by atoms with Crippen molar-refractivity contribution >= 4 is 5.69 Å². The number of phenols is 1. The van der Waals surface area contributed by atoms with Crippen molar-refractivity contribution in [1.29, 1.82) is 0 Å². The summed E-state index contributed by atoms with van der Waals surface area (Å²) >= 11 is 0. The Labute approximate surface area is 125 Å². The highest BCUT2D eigenvalue weighted by Crippen LogP contribution is 2.23. The second-order valence-electron chi connectivity index (χ2n) is 4.94. The van der Waals surface area contributed by atoms with Crippen LogP contribution in [-0.2, 0) is 6.54 Å². The topological polar surface area (TPSA) is 58.7 Å². The van der Waals surface area contributed by atoms with E-state index in [1.54, 1.807) is 19.2 Å². The molecule has 2 aromatic rings. The number of phenolic OH excluding ortho intramolecular Hbond substituents is 1. The molecule has 0 spiro atoms. The van der Waals surface area contributed by atoms with Gasteiger partial charge in [-0.1, -0.05) is 18.2 Å². The van der Waals surface area contributed by atoms with Gasteiger partial charge in [0.2, 0.25) is 0 Å². The summed E-state index contributed by atoms with van der Waals surface area (Å²) in [6.07, 6.45) is 0.913. The van der Waals surface area contributed by atoms with Crippen LogP contribution in [-0.4, -0.2) is 25.3 Å². The van der Waals surface area contributed by atoms with Crippen molar-refractivity contribution in [1.82, 2.24) is 0 Å². The van der Waals surface area contributed by atoms with Crippen LogP contribution in [0.25, 0.3) is 0 Å². The Morgan fingerprint density at radius 2 is 1.95 bits per heavy atom. The lowest BCUT2D eigenvalue weighted by molar-refractivity contribution is 0.414. The van der Waals surface area contributed by atoms with Gasteiger partial charge in [0, 0.05) is 24.8 Å². The zero-order valence-corrected chi connectivity index (χ0v) is 12.3. The van der Waals surface area contributed by atoms with E-state index in [0.29, 0.717) is 6.54 Å². The van der Waals surface area contributed by atoms with Crippen molar-refractivity contribution in [2.45, 2.75) is 13.0 Å². The van der Waals surface area contributed by atoms with Crippen molar-refractivity contribution in [3.05, 3.63) is 54.1 Å². The predicted octanol–water partition coefficient (Wildman–Crippen LogP) is 2.76. The number of nitrogens with zero attached hydrogens (tertiary/aromatic N) is 1. The highest BCUT2D eigenvalue weighted by Gasteiger charge is 2.08. The lowest BCUT2D eigenvalue weighted by Crippen LogP contribution is -2.25. The summed E-state index contributed by atoms with van der Waals surface area (Å²) in [5.74, 6) is 1.12. The summed E-state index contributed by atoms with van der Waals surface area (Å²) < 4.78 is 5.29. The molecule has 0 saturated heterocycles. The molecule has 0 aliphatic carbocycles. The SMILES string of the molecule is COc1cccc(N(CCCN)Cc2cccc(O)c2)c1. The van der Waals surface area contributed by atoms with E-state index in [-0.39, 0.29) is 5.75 Å². The van der Waals surface area contributed by atoms with Crippen LogP contribution < -0.4 is 15.4 Å². The van der Waals surface area contributed by atoms with Crippen LogP contribution >= 0.6 is 0 Å². The summed E-state index contributed by atoms with van der Waals surface area (Å²) in [6.45, 7) is 2.24. The fourth-order valence-corrected chi connectivity index (χ4v) is 2.26. The van der Waals surface area contributed by atoms with Crippen LogP contribution in [0.4, 0.5) is 5.69 Å². The smallest absolute Gasteiger partial charge is 0.120 e. The zero-order chi connectivity index (χ0) is 15.1. The summed E-state index contributed by atoms with van der Waals surface area (Å²) in [7, 11) is 1.67. The van der Waals surface area contributed by atoms with Gasteiger partial charge >= 0.3 is 0 Å². The van der Waals surface area contributed by atoms with E-state index in [0.717, 1.165) is 36.5 Å². The van der Waals surface area contributed by atoms with E-state index in [2.05, 4.69) is 11.0 Å². The maximum Gasteiger partial charge on any atom is 0.120 e. The Hall–Kier alpha value is -2.20. The maximum atomic E-state index is 9.60. The number of hydrogen-bond donors (Lipinski definition) is 2. The van der Waals surface area contributed by atoms with E-state index in [4.69, 9.17) is 10.5 Å². The number of aromatic hydroxyl groups is 1. The molecule has 21 heavy (non-hydrogen) atoms. The Morgan fingerprint density at radius 3 is 2.67 bits per heavy atom. The molecular weight excluding hydrogens is 264 g/mol. The molecule has 0 unspecified atom stereocenters. The molecule has 2 aromatic carbocycles. The molecule has 0 aliphatic heterocycles. The fraction of sp³-hybridized carbons (Fsp3) is 0.294. The van der Waals surface area contributed by atoms with Gasteiger partial charge in [-0.2, -0.15) is 0 Å². The average Bonchev–Trinajstić information content (AvgIpc) is 2.51. The Balaban J connectivity index is 2.20. The second kappa shape index (κ2) is 7.55. The Bertz CT molecular complexity index is 572. The second-order valence-corrected chi connectivity index (χ2v) is 4.94. The normalized spacial score (nSPS) is 10.4. The first-order valence-corrected chi connectivity index (χ1v) is 7.10. The number of benzene rings is 2. The van der Waals surface area contributed by atoms with Crippen molar-refractivity contribution in [2.24, 2.45) is 5.73 Å². The van der Waals surface area contributed by atoms with Crippen LogP contribution in [0.15, 0.2) is 48.5 Å². The van der Waals surface area contributed by atoms with Gasteiger partial charge in [0.25, 0.3) is 0 Å². The van der Waals surface area contributed by atoms with Crippen LogP contribution in [0.3, 0.4) is 0 Å². The predicted molar refractivity (Wildman–Crippen MR) is 85.8 cm³/mol. The highest BCUT2D eigenvalue weighted by atomic mass is 16.5. The molecule has 0 aromatic heterocycles. The van der Waals surface area contributed by atoms with Crippen molar-refractivity contribution in [2.75, 3.05) is 25.1 Å². The Kier molecular flexibility index (Phi) is 5.46. The zero-order valence-electron chi connectivity index (χ0n) is 12.3. The number of hydrogen-bond acceptors (Lipinski definition) is 4. The third kappa shape index (κ3) is 4.39. The summed E-state index contributed by atoms with van der Waals surface area (Å²) in [4.78, 5) is 2.24. The Morgan fingerprint density at radius 1 is 1.14 bits per heavy atom. The van der Waals surface area contributed by atoms with Crippen molar-refractivity contribution < 1.29 is 9.84 Å². The first-order chi connectivity index (χ1) is 10.2. The van der Waals surface area contributed by atoms with Gasteiger partial charge in [-0.3, -0.25) is 0 Å². The number of anilines is 1. The van der Waals surface area contributed by atoms with E-state index in [1.807, 2.05) is 30.3 Å². The molecule has 0 heterocycles. The molecule has 0 bridgehead atoms. The van der Waals surface area contributed by atoms with Crippen LogP contribution in [0, 0.1) is 0 Å². The number of nitrogens with two attached hydrogens (primary N) is 1. The first kappa shape index (κ1) is 15.2. The number of ether oxygens (including phenoxy) is 1. The highest BCUT2D eigenvalue weighted by molar-refractivity contribution is 5.51. The molecule has 112 valence electrons. The molecule has 3 N–H and O–H groups in total. The standard InChI is InChI=1S/C17H22N2O2/c1-21-17-8-3-6-15(12-17)19(10-4-9-18)13-14-5-2-7-16(20)11-14/h2-3,5-8,11-12,20H,4,9-10,13,18H2,1H3. The average molecular weight is 286 g/mol. The molecule has 0 amide bonds. The summed E-state index contributed by atoms with van der Waals surface area (Å²) in [6, 6.07) is 15.3. The third-order valence-corrected chi connectivity index (χ3v) is 3.33. The van der Waals surface area contributed by atoms with Gasteiger partial charge in [-0.05, 0) is 42.8 Å². The van der Waals surface area contributed by atoms with Gasteiger partial charge < -0.3 is 20.5 Å². The lowest BCUT2D eigenvalue weighted by Gasteiger charge is -2.25. The molecule has 4 heteroatoms. The minimum absolute atomic E-state index is 0.289. The van der Waals surface area contributed by atoms with E-state index in [9.17, 15) is 5.11 Å². The number of rotatable bonds is 7. The van der Waals surface area contributed by atoms with Crippen LogP contribution in [0.1, 0.15) is 12.0 Å². The van der Waals surface area contributed by atoms with E-state index < -0.39 is 0 Å². The fourth-order valence-electron chi connectivity index (χ4n) is 2.26. The maximum absolute atomic E-state index is 9.60. The molecule has 0 fully saturated rings. The minimum Gasteiger partial charge on any atom is -0.508 e. The van der Waals surface area contributed by atoms with Crippen LogP contribution in [0.2, 0.25) is 0 Å². The van der Waals surface area contributed by atoms with E-state index >= 15 is 0 Å². The molecule has 0 radical (unpaired) electrons. The third-order valence-electron chi connectivity index (χ3n) is 3.33. The van der Waals surface area contributed by atoms with Gasteiger partial charge in [-0.15, -0.1) is 0 Å². The molecule has 4 nitrogen and oxygen atoms in total. The first-order valence-electron chi connectivity index (χ1n) is 7.10. The molecule has 0 saturated carbocycles. The molecule has 2 rings (SSSR count). The monoisotopic (exact) mass is 286 g/mol. The summed E-state index contributed by atoms with van der Waals surface area (Å²) in [5.41, 5.74) is 7.79. The largest absolute Gasteiger partial charge is 0.508 e. The van der Waals surface area contributed by atoms with Gasteiger partial charge in [-0.25, -0.2) is 0 Å². The molecular formula is C17H22N2O2. The quantitative estimate of drug-likeness (QED) is 0.821. The lowest BCUT2D eigenvalue weighted by atomic mass is 10.1. The minimum atomic E-state index is 0.289. The molecule has 0 atom stereocenters. The summed E-state index contributed by atoms with van der Waals surface area (Å²) in [5, 5.41) is 9.60. The van der Waals surface area contributed by atoms with Gasteiger partial charge in [0.05, 0.1) is 7.11 Å². The number of methoxy groups -OCH3 is 1. The van der Waals surface area contributed by atoms with Gasteiger partial charge in [0.15, 0.2) is 0 Å².